The molecule has 1 aliphatic rings. The van der Waals surface area contributed by atoms with Gasteiger partial charge in [0, 0.05) is 18.1 Å². The SMILES string of the molecule is COc1ccc(Cl)cc1N(CC(=O)NCCOc1ccc(S(=O)(=O)N2CCOCC2)cc1)S(=O)(=O)c1ccccc1. The molecule has 0 aromatic heterocycles. The van der Waals surface area contributed by atoms with Crippen LogP contribution in [-0.2, 0) is 29.6 Å². The van der Waals surface area contributed by atoms with Gasteiger partial charge in [0.2, 0.25) is 15.9 Å². The van der Waals surface area contributed by atoms with Gasteiger partial charge in [-0.3, -0.25) is 9.10 Å². The first-order chi connectivity index (χ1) is 19.6. The molecule has 220 valence electrons. The lowest BCUT2D eigenvalue weighted by Crippen LogP contribution is -2.42. The van der Waals surface area contributed by atoms with Crippen molar-refractivity contribution in [3.63, 3.8) is 0 Å². The molecular weight excluding hydrogens is 594 g/mol. The normalized spacial score (nSPS) is 14.3. The number of hydrogen-bond acceptors (Lipinski definition) is 8. The molecule has 3 aromatic rings. The fourth-order valence-electron chi connectivity index (χ4n) is 4.07. The summed E-state index contributed by atoms with van der Waals surface area (Å²) < 4.78 is 71.1. The van der Waals surface area contributed by atoms with Gasteiger partial charge in [0.1, 0.15) is 24.7 Å². The van der Waals surface area contributed by atoms with Gasteiger partial charge in [-0.05, 0) is 54.6 Å². The number of sulfonamides is 2. The predicted octanol–water partition coefficient (Wildman–Crippen LogP) is 2.76. The molecule has 0 bridgehead atoms. The average Bonchev–Trinajstić information content (AvgIpc) is 2.99. The molecule has 41 heavy (non-hydrogen) atoms. The number of hydrogen-bond donors (Lipinski definition) is 1. The maximum atomic E-state index is 13.5. The Balaban J connectivity index is 1.39. The van der Waals surface area contributed by atoms with Gasteiger partial charge < -0.3 is 19.5 Å². The highest BCUT2D eigenvalue weighted by Gasteiger charge is 2.30. The van der Waals surface area contributed by atoms with Crippen LogP contribution in [0.25, 0.3) is 0 Å². The zero-order valence-corrected chi connectivity index (χ0v) is 24.6. The van der Waals surface area contributed by atoms with Crippen molar-refractivity contribution in [2.75, 3.05) is 57.4 Å². The Labute approximate surface area is 244 Å². The highest BCUT2D eigenvalue weighted by molar-refractivity contribution is 7.93. The molecule has 1 aliphatic heterocycles. The number of carbonyl (C=O) groups is 1. The third-order valence-electron chi connectivity index (χ3n) is 6.15. The Morgan fingerprint density at radius 1 is 0.976 bits per heavy atom. The molecule has 1 heterocycles. The predicted molar refractivity (Wildman–Crippen MR) is 154 cm³/mol. The molecule has 14 heteroatoms. The maximum absolute atomic E-state index is 13.5. The van der Waals surface area contributed by atoms with Gasteiger partial charge in [-0.1, -0.05) is 29.8 Å². The van der Waals surface area contributed by atoms with Crippen LogP contribution in [0.15, 0.2) is 82.6 Å². The van der Waals surface area contributed by atoms with Crippen LogP contribution in [0.1, 0.15) is 0 Å². The molecule has 1 saturated heterocycles. The molecule has 0 aliphatic carbocycles. The van der Waals surface area contributed by atoms with Gasteiger partial charge in [-0.25, -0.2) is 16.8 Å². The number of carbonyl (C=O) groups excluding carboxylic acids is 1. The van der Waals surface area contributed by atoms with E-state index in [0.717, 1.165) is 4.31 Å². The second-order valence-electron chi connectivity index (χ2n) is 8.83. The number of rotatable bonds is 12. The molecule has 1 amide bonds. The van der Waals surface area contributed by atoms with Crippen LogP contribution in [0.3, 0.4) is 0 Å². The van der Waals surface area contributed by atoms with Gasteiger partial charge in [0.05, 0.1) is 42.3 Å². The van der Waals surface area contributed by atoms with E-state index in [9.17, 15) is 21.6 Å². The lowest BCUT2D eigenvalue weighted by atomic mass is 10.3. The summed E-state index contributed by atoms with van der Waals surface area (Å²) in [6, 6.07) is 18.2. The molecule has 0 spiro atoms. The van der Waals surface area contributed by atoms with Crippen LogP contribution in [0, 0.1) is 0 Å². The largest absolute Gasteiger partial charge is 0.495 e. The average molecular weight is 624 g/mol. The summed E-state index contributed by atoms with van der Waals surface area (Å²) >= 11 is 6.15. The van der Waals surface area contributed by atoms with Crippen LogP contribution in [-0.4, -0.2) is 80.2 Å². The van der Waals surface area contributed by atoms with Crippen molar-refractivity contribution in [3.05, 3.63) is 77.8 Å². The first kappa shape index (κ1) is 30.6. The minimum atomic E-state index is -4.15. The number of halogens is 1. The molecule has 3 aromatic carbocycles. The van der Waals surface area contributed by atoms with E-state index in [4.69, 9.17) is 25.8 Å². The molecule has 0 saturated carbocycles. The third-order valence-corrected chi connectivity index (χ3v) is 10.1. The standard InChI is InChI=1S/C27H30ClN3O8S2/c1-37-26-12-7-21(28)19-25(26)31(41(35,36)23-5-3-2-4-6-23)20-27(32)29-13-16-39-22-8-10-24(11-9-22)40(33,34)30-14-17-38-18-15-30/h2-12,19H,13-18,20H2,1H3,(H,29,32). The number of ether oxygens (including phenoxy) is 3. The summed E-state index contributed by atoms with van der Waals surface area (Å²) in [7, 11) is -6.38. The van der Waals surface area contributed by atoms with Crippen molar-refractivity contribution < 1.29 is 35.8 Å². The number of methoxy groups -OCH3 is 1. The molecule has 4 rings (SSSR count). The van der Waals surface area contributed by atoms with E-state index in [1.165, 1.54) is 59.9 Å². The first-order valence-corrected chi connectivity index (χ1v) is 15.9. The van der Waals surface area contributed by atoms with Crippen LogP contribution < -0.4 is 19.1 Å². The van der Waals surface area contributed by atoms with Crippen LogP contribution >= 0.6 is 11.6 Å². The van der Waals surface area contributed by atoms with Crippen LogP contribution in [0.5, 0.6) is 11.5 Å². The van der Waals surface area contributed by atoms with Crippen molar-refractivity contribution in [2.24, 2.45) is 0 Å². The van der Waals surface area contributed by atoms with E-state index in [1.807, 2.05) is 0 Å². The quantitative estimate of drug-likeness (QED) is 0.305. The van der Waals surface area contributed by atoms with E-state index in [2.05, 4.69) is 5.32 Å². The van der Waals surface area contributed by atoms with E-state index in [0.29, 0.717) is 32.1 Å². The highest BCUT2D eigenvalue weighted by Crippen LogP contribution is 2.34. The first-order valence-electron chi connectivity index (χ1n) is 12.6. The number of benzene rings is 3. The number of nitrogens with zero attached hydrogens (tertiary/aromatic N) is 2. The summed E-state index contributed by atoms with van der Waals surface area (Å²) in [6.07, 6.45) is 0. The Morgan fingerprint density at radius 3 is 2.32 bits per heavy atom. The summed E-state index contributed by atoms with van der Waals surface area (Å²) in [5, 5.41) is 2.92. The second-order valence-corrected chi connectivity index (χ2v) is 13.1. The van der Waals surface area contributed by atoms with Gasteiger partial charge in [-0.15, -0.1) is 0 Å². The van der Waals surface area contributed by atoms with Crippen LogP contribution in [0.2, 0.25) is 5.02 Å². The van der Waals surface area contributed by atoms with Crippen molar-refractivity contribution in [3.8, 4) is 11.5 Å². The summed E-state index contributed by atoms with van der Waals surface area (Å²) in [4.78, 5) is 13.0. The zero-order valence-electron chi connectivity index (χ0n) is 22.2. The Kier molecular flexibility index (Phi) is 10.1. The molecule has 1 N–H and O–H groups in total. The smallest absolute Gasteiger partial charge is 0.264 e. The second kappa shape index (κ2) is 13.5. The topological polar surface area (TPSA) is 132 Å². The monoisotopic (exact) mass is 623 g/mol. The van der Waals surface area contributed by atoms with Crippen molar-refractivity contribution in [1.29, 1.82) is 0 Å². The Morgan fingerprint density at radius 2 is 1.66 bits per heavy atom. The van der Waals surface area contributed by atoms with Crippen LogP contribution in [0.4, 0.5) is 5.69 Å². The lowest BCUT2D eigenvalue weighted by Gasteiger charge is -2.26. The summed E-state index contributed by atoms with van der Waals surface area (Å²) in [5.41, 5.74) is 0.113. The van der Waals surface area contributed by atoms with Gasteiger partial charge >= 0.3 is 0 Å². The molecule has 1 fully saturated rings. The molecular formula is C27H30ClN3O8S2. The summed E-state index contributed by atoms with van der Waals surface area (Å²) in [6.45, 7) is 0.903. The molecule has 0 atom stereocenters. The van der Waals surface area contributed by atoms with E-state index in [-0.39, 0.29) is 39.4 Å². The fraction of sp³-hybridized carbons (Fsp3) is 0.296. The van der Waals surface area contributed by atoms with Gasteiger partial charge in [-0.2, -0.15) is 4.31 Å². The minimum absolute atomic E-state index is 0.00255. The third kappa shape index (κ3) is 7.49. The Bertz CT molecular complexity index is 1550. The molecule has 11 nitrogen and oxygen atoms in total. The van der Waals surface area contributed by atoms with Gasteiger partial charge in [0.25, 0.3) is 10.0 Å². The van der Waals surface area contributed by atoms with Crippen molar-refractivity contribution in [1.82, 2.24) is 9.62 Å². The van der Waals surface area contributed by atoms with Gasteiger partial charge in [0.15, 0.2) is 0 Å². The maximum Gasteiger partial charge on any atom is 0.264 e. The summed E-state index contributed by atoms with van der Waals surface area (Å²) in [5.74, 6) is 0.0586. The van der Waals surface area contributed by atoms with E-state index < -0.39 is 32.5 Å². The number of amides is 1. The highest BCUT2D eigenvalue weighted by atomic mass is 35.5. The zero-order chi connectivity index (χ0) is 29.5. The number of nitrogens with one attached hydrogen (secondary N) is 1. The Hall–Kier alpha value is -3.36. The number of anilines is 1. The lowest BCUT2D eigenvalue weighted by molar-refractivity contribution is -0.119. The molecule has 0 radical (unpaired) electrons. The van der Waals surface area contributed by atoms with E-state index in [1.54, 1.807) is 24.3 Å². The molecule has 0 unspecified atom stereocenters. The number of morpholine rings is 1. The van der Waals surface area contributed by atoms with E-state index >= 15 is 0 Å². The fourth-order valence-corrected chi connectivity index (χ4v) is 7.09. The minimum Gasteiger partial charge on any atom is -0.495 e. The van der Waals surface area contributed by atoms with Crippen molar-refractivity contribution in [2.45, 2.75) is 9.79 Å². The van der Waals surface area contributed by atoms with Crippen molar-refractivity contribution >= 4 is 43.2 Å².